The molecular formula is C18H16F2N8O2. The van der Waals surface area contributed by atoms with Gasteiger partial charge in [0.25, 0.3) is 0 Å². The number of benzene rings is 1. The fourth-order valence-electron chi connectivity index (χ4n) is 3.21. The molecule has 0 aliphatic carbocycles. The van der Waals surface area contributed by atoms with Crippen molar-refractivity contribution < 1.29 is 13.9 Å². The van der Waals surface area contributed by atoms with E-state index >= 15 is 0 Å². The highest BCUT2D eigenvalue weighted by Gasteiger charge is 2.41. The van der Waals surface area contributed by atoms with Crippen molar-refractivity contribution in [3.8, 4) is 5.82 Å². The molecule has 0 amide bonds. The quantitative estimate of drug-likeness (QED) is 0.497. The molecule has 0 fully saturated rings. The van der Waals surface area contributed by atoms with Gasteiger partial charge in [0.1, 0.15) is 48.4 Å². The Hall–Kier alpha value is -3.80. The maximum absolute atomic E-state index is 14.6. The summed E-state index contributed by atoms with van der Waals surface area (Å²) in [5, 5.41) is 19.6. The van der Waals surface area contributed by atoms with Gasteiger partial charge < -0.3 is 5.11 Å². The molecule has 0 aliphatic rings. The average Bonchev–Trinajstić information content (AvgIpc) is 3.37. The number of halogens is 2. The van der Waals surface area contributed by atoms with Crippen LogP contribution in [0.5, 0.6) is 0 Å². The molecule has 0 radical (unpaired) electrons. The van der Waals surface area contributed by atoms with Gasteiger partial charge in [-0.15, -0.1) is 0 Å². The summed E-state index contributed by atoms with van der Waals surface area (Å²) in [5.74, 6) is -1.48. The van der Waals surface area contributed by atoms with E-state index in [9.17, 15) is 18.7 Å². The monoisotopic (exact) mass is 414 g/mol. The Morgan fingerprint density at radius 1 is 1.13 bits per heavy atom. The second-order valence-electron chi connectivity index (χ2n) is 6.61. The summed E-state index contributed by atoms with van der Waals surface area (Å²) in [7, 11) is 0. The maximum Gasteiger partial charge on any atom is 0.351 e. The lowest BCUT2D eigenvalue weighted by Crippen LogP contribution is -2.44. The third kappa shape index (κ3) is 3.37. The zero-order valence-corrected chi connectivity index (χ0v) is 15.7. The molecule has 0 spiro atoms. The summed E-state index contributed by atoms with van der Waals surface area (Å²) in [6.45, 7) is 1.24. The molecule has 1 aromatic carbocycles. The van der Waals surface area contributed by atoms with Gasteiger partial charge in [-0.3, -0.25) is 0 Å². The van der Waals surface area contributed by atoms with Gasteiger partial charge in [0.15, 0.2) is 0 Å². The van der Waals surface area contributed by atoms with Gasteiger partial charge in [0.2, 0.25) is 0 Å². The topological polar surface area (TPSA) is 117 Å². The number of nitrogens with zero attached hydrogens (tertiary/aromatic N) is 8. The molecule has 154 valence electrons. The van der Waals surface area contributed by atoms with Crippen molar-refractivity contribution in [2.45, 2.75) is 25.1 Å². The number of hydrogen-bond donors (Lipinski definition) is 1. The van der Waals surface area contributed by atoms with Gasteiger partial charge in [-0.2, -0.15) is 10.2 Å². The van der Waals surface area contributed by atoms with E-state index in [1.54, 1.807) is 0 Å². The van der Waals surface area contributed by atoms with E-state index in [2.05, 4.69) is 25.1 Å². The smallest absolute Gasteiger partial charge is 0.351 e. The lowest BCUT2D eigenvalue weighted by Gasteiger charge is -2.34. The Labute approximate surface area is 168 Å². The van der Waals surface area contributed by atoms with Crippen LogP contribution < -0.4 is 5.69 Å². The lowest BCUT2D eigenvalue weighted by atomic mass is 9.86. The van der Waals surface area contributed by atoms with E-state index < -0.39 is 29.0 Å². The summed E-state index contributed by atoms with van der Waals surface area (Å²) in [6, 6.07) is 3.26. The third-order valence-corrected chi connectivity index (χ3v) is 4.83. The van der Waals surface area contributed by atoms with Crippen LogP contribution in [-0.2, 0) is 12.1 Å². The van der Waals surface area contributed by atoms with E-state index in [1.807, 2.05) is 0 Å². The third-order valence-electron chi connectivity index (χ3n) is 4.83. The maximum atomic E-state index is 14.6. The van der Waals surface area contributed by atoms with Gasteiger partial charge >= 0.3 is 5.69 Å². The molecule has 0 unspecified atom stereocenters. The van der Waals surface area contributed by atoms with Gasteiger partial charge in [-0.25, -0.2) is 42.5 Å². The number of rotatable bonds is 6. The molecule has 1 N–H and O–H groups in total. The fourth-order valence-corrected chi connectivity index (χ4v) is 3.21. The SMILES string of the molecule is C[C@@H](n1ncn(-c2ccncn2)c1=O)[C@](O)(Cn1cncn1)c1ccc(F)cc1F. The first kappa shape index (κ1) is 19.5. The van der Waals surface area contributed by atoms with Crippen LogP contribution in [0.1, 0.15) is 18.5 Å². The fraction of sp³-hybridized carbons (Fsp3) is 0.222. The first-order valence-corrected chi connectivity index (χ1v) is 8.83. The molecule has 0 bridgehead atoms. The van der Waals surface area contributed by atoms with Crippen molar-refractivity contribution in [1.29, 1.82) is 0 Å². The number of aromatic nitrogens is 8. The first-order chi connectivity index (χ1) is 14.4. The molecule has 10 nitrogen and oxygen atoms in total. The zero-order valence-electron chi connectivity index (χ0n) is 15.7. The van der Waals surface area contributed by atoms with Gasteiger partial charge in [-0.1, -0.05) is 6.07 Å². The zero-order chi connectivity index (χ0) is 21.3. The molecule has 3 heterocycles. The highest BCUT2D eigenvalue weighted by Crippen LogP contribution is 2.35. The molecule has 12 heteroatoms. The van der Waals surface area contributed by atoms with Crippen LogP contribution >= 0.6 is 0 Å². The Morgan fingerprint density at radius 3 is 2.63 bits per heavy atom. The highest BCUT2D eigenvalue weighted by molar-refractivity contribution is 5.27. The predicted octanol–water partition coefficient (Wildman–Crippen LogP) is 0.843. The molecule has 4 aromatic rings. The Morgan fingerprint density at radius 2 is 1.97 bits per heavy atom. The van der Waals surface area contributed by atoms with E-state index in [4.69, 9.17) is 0 Å². The molecule has 0 saturated carbocycles. The Kier molecular flexibility index (Phi) is 4.91. The standard InChI is InChI=1S/C18H16F2N8O2/c1-12(28-17(29)27(11-25-28)16-4-5-21-8-23-16)18(30,7-26-10-22-9-24-26)14-3-2-13(19)6-15(14)20/h2-6,8-12,30H,7H2,1H3/t12-,18-/m1/s1. The summed E-state index contributed by atoms with van der Waals surface area (Å²) >= 11 is 0. The van der Waals surface area contributed by atoms with Crippen LogP contribution in [0.25, 0.3) is 5.82 Å². The minimum atomic E-state index is -2.01. The largest absolute Gasteiger partial charge is 0.381 e. The van der Waals surface area contributed by atoms with Crippen molar-refractivity contribution in [1.82, 2.24) is 39.1 Å². The molecule has 3 aromatic heterocycles. The summed E-state index contributed by atoms with van der Waals surface area (Å²) in [5.41, 5.74) is -2.84. The second kappa shape index (κ2) is 7.55. The van der Waals surface area contributed by atoms with Crippen LogP contribution in [-0.4, -0.2) is 44.2 Å². The molecule has 4 rings (SSSR count). The predicted molar refractivity (Wildman–Crippen MR) is 98.4 cm³/mol. The number of hydrogen-bond acceptors (Lipinski definition) is 7. The molecule has 0 saturated heterocycles. The van der Waals surface area contributed by atoms with E-state index in [0.29, 0.717) is 6.07 Å². The Balaban J connectivity index is 1.82. The van der Waals surface area contributed by atoms with Crippen LogP contribution in [0.4, 0.5) is 8.78 Å². The molecular weight excluding hydrogens is 398 g/mol. The normalized spacial score (nSPS) is 14.4. The van der Waals surface area contributed by atoms with Crippen molar-refractivity contribution in [2.24, 2.45) is 0 Å². The van der Waals surface area contributed by atoms with Gasteiger partial charge in [0.05, 0.1) is 12.6 Å². The highest BCUT2D eigenvalue weighted by atomic mass is 19.1. The minimum Gasteiger partial charge on any atom is -0.381 e. The lowest BCUT2D eigenvalue weighted by molar-refractivity contribution is -0.0381. The van der Waals surface area contributed by atoms with Gasteiger partial charge in [-0.05, 0) is 19.1 Å². The first-order valence-electron chi connectivity index (χ1n) is 8.83. The summed E-state index contributed by atoms with van der Waals surface area (Å²) < 4.78 is 31.6. The summed E-state index contributed by atoms with van der Waals surface area (Å²) in [6.07, 6.45) is 6.56. The van der Waals surface area contributed by atoms with Gasteiger partial charge in [0, 0.05) is 17.8 Å². The summed E-state index contributed by atoms with van der Waals surface area (Å²) in [4.78, 5) is 24.5. The van der Waals surface area contributed by atoms with E-state index in [-0.39, 0.29) is 17.9 Å². The molecule has 0 aliphatic heterocycles. The van der Waals surface area contributed by atoms with Crippen molar-refractivity contribution in [2.75, 3.05) is 0 Å². The average molecular weight is 414 g/mol. The van der Waals surface area contributed by atoms with Crippen molar-refractivity contribution >= 4 is 0 Å². The van der Waals surface area contributed by atoms with Crippen LogP contribution in [0.15, 0.2) is 60.6 Å². The van der Waals surface area contributed by atoms with E-state index in [1.165, 1.54) is 49.2 Å². The van der Waals surface area contributed by atoms with Crippen LogP contribution in [0.3, 0.4) is 0 Å². The molecule has 2 atom stereocenters. The Bertz CT molecular complexity index is 1210. The van der Waals surface area contributed by atoms with Crippen molar-refractivity contribution in [3.63, 3.8) is 0 Å². The number of aliphatic hydroxyl groups is 1. The second-order valence-corrected chi connectivity index (χ2v) is 6.61. The van der Waals surface area contributed by atoms with E-state index in [0.717, 1.165) is 21.4 Å². The van der Waals surface area contributed by atoms with Crippen LogP contribution in [0.2, 0.25) is 0 Å². The van der Waals surface area contributed by atoms with Crippen LogP contribution in [0, 0.1) is 11.6 Å². The van der Waals surface area contributed by atoms with Crippen molar-refractivity contribution in [3.05, 3.63) is 83.5 Å². The minimum absolute atomic E-state index is 0.213. The molecule has 30 heavy (non-hydrogen) atoms.